The molecule has 0 bridgehead atoms. The number of ketones is 1. The van der Waals surface area contributed by atoms with Crippen molar-refractivity contribution >= 4 is 5.78 Å². The third-order valence-corrected chi connectivity index (χ3v) is 2.84. The Morgan fingerprint density at radius 1 is 1.78 bits per heavy atom. The van der Waals surface area contributed by atoms with Gasteiger partial charge in [0, 0.05) is 5.92 Å². The fourth-order valence-corrected chi connectivity index (χ4v) is 1.69. The fourth-order valence-electron chi connectivity index (χ4n) is 1.69. The Morgan fingerprint density at radius 2 is 2.44 bits per heavy atom. The topological polar surface area (TPSA) is 17.1 Å². The standard InChI is InChI=1S/C8H10O/c1-5-3-7(9)6-4-8(5,6)2/h3,6H,4H2,1-2H3/t6-,8+/m1/s1. The molecule has 2 aliphatic rings. The van der Waals surface area contributed by atoms with Crippen LogP contribution in [0.2, 0.25) is 0 Å². The number of rotatable bonds is 0. The molecule has 0 amide bonds. The number of fused-ring (bicyclic) bond motifs is 1. The highest BCUT2D eigenvalue weighted by Gasteiger charge is 2.58. The van der Waals surface area contributed by atoms with Crippen LogP contribution in [-0.4, -0.2) is 5.78 Å². The molecule has 2 rings (SSSR count). The average molecular weight is 122 g/mol. The lowest BCUT2D eigenvalue weighted by Gasteiger charge is -2.01. The molecule has 0 unspecified atom stereocenters. The van der Waals surface area contributed by atoms with Crippen LogP contribution in [0.15, 0.2) is 11.6 Å². The van der Waals surface area contributed by atoms with Crippen molar-refractivity contribution in [3.05, 3.63) is 11.6 Å². The van der Waals surface area contributed by atoms with Crippen molar-refractivity contribution in [3.63, 3.8) is 0 Å². The maximum absolute atomic E-state index is 11.0. The minimum Gasteiger partial charge on any atom is -0.295 e. The van der Waals surface area contributed by atoms with E-state index in [1.165, 1.54) is 5.57 Å². The summed E-state index contributed by atoms with van der Waals surface area (Å²) in [6.45, 7) is 4.24. The highest BCUT2D eigenvalue weighted by Crippen LogP contribution is 2.61. The molecule has 2 atom stereocenters. The van der Waals surface area contributed by atoms with Crippen LogP contribution < -0.4 is 0 Å². The van der Waals surface area contributed by atoms with Gasteiger partial charge in [0.1, 0.15) is 0 Å². The lowest BCUT2D eigenvalue weighted by molar-refractivity contribution is -0.115. The van der Waals surface area contributed by atoms with E-state index in [2.05, 4.69) is 13.8 Å². The first-order valence-corrected chi connectivity index (χ1v) is 3.37. The maximum atomic E-state index is 11.0. The monoisotopic (exact) mass is 122 g/mol. The third kappa shape index (κ3) is 0.432. The van der Waals surface area contributed by atoms with Gasteiger partial charge < -0.3 is 0 Å². The molecule has 0 spiro atoms. The van der Waals surface area contributed by atoms with Crippen LogP contribution in [0.25, 0.3) is 0 Å². The summed E-state index contributed by atoms with van der Waals surface area (Å²) in [5.74, 6) is 0.729. The summed E-state index contributed by atoms with van der Waals surface area (Å²) in [6.07, 6.45) is 2.91. The average Bonchev–Trinajstić information content (AvgIpc) is 2.38. The van der Waals surface area contributed by atoms with Crippen LogP contribution in [-0.2, 0) is 4.79 Å². The predicted octanol–water partition coefficient (Wildman–Crippen LogP) is 1.54. The van der Waals surface area contributed by atoms with E-state index in [1.807, 2.05) is 0 Å². The second-order valence-electron chi connectivity index (χ2n) is 3.40. The zero-order valence-electron chi connectivity index (χ0n) is 5.77. The Morgan fingerprint density at radius 3 is 2.56 bits per heavy atom. The van der Waals surface area contributed by atoms with Gasteiger partial charge in [0.25, 0.3) is 0 Å². The maximum Gasteiger partial charge on any atom is 0.159 e. The third-order valence-electron chi connectivity index (χ3n) is 2.84. The quantitative estimate of drug-likeness (QED) is 0.476. The Balaban J connectivity index is 2.43. The first-order chi connectivity index (χ1) is 4.14. The van der Waals surface area contributed by atoms with Crippen LogP contribution in [0.1, 0.15) is 20.3 Å². The van der Waals surface area contributed by atoms with E-state index in [4.69, 9.17) is 0 Å². The van der Waals surface area contributed by atoms with E-state index in [0.29, 0.717) is 17.1 Å². The molecule has 0 heterocycles. The van der Waals surface area contributed by atoms with E-state index >= 15 is 0 Å². The normalized spacial score (nSPS) is 46.7. The molecule has 0 saturated heterocycles. The highest BCUT2D eigenvalue weighted by atomic mass is 16.1. The van der Waals surface area contributed by atoms with Crippen molar-refractivity contribution in [3.8, 4) is 0 Å². The van der Waals surface area contributed by atoms with Crippen LogP contribution in [0.4, 0.5) is 0 Å². The Kier molecular flexibility index (Phi) is 0.655. The van der Waals surface area contributed by atoms with Gasteiger partial charge in [-0.15, -0.1) is 0 Å². The van der Waals surface area contributed by atoms with E-state index in [1.54, 1.807) is 6.08 Å². The van der Waals surface area contributed by atoms with Crippen LogP contribution in [0.3, 0.4) is 0 Å². The van der Waals surface area contributed by atoms with Gasteiger partial charge in [-0.3, -0.25) is 4.79 Å². The molecule has 0 aliphatic heterocycles. The van der Waals surface area contributed by atoms with Gasteiger partial charge in [0.15, 0.2) is 5.78 Å². The molecular formula is C8H10O. The van der Waals surface area contributed by atoms with Crippen molar-refractivity contribution in [2.24, 2.45) is 11.3 Å². The molecule has 0 radical (unpaired) electrons. The van der Waals surface area contributed by atoms with Crippen molar-refractivity contribution < 1.29 is 4.79 Å². The second kappa shape index (κ2) is 1.13. The molecule has 1 saturated carbocycles. The molecule has 0 aromatic carbocycles. The Bertz CT molecular complexity index is 215. The molecule has 1 heteroatoms. The van der Waals surface area contributed by atoms with Gasteiger partial charge >= 0.3 is 0 Å². The molecule has 0 N–H and O–H groups in total. The molecule has 1 nitrogen and oxygen atoms in total. The van der Waals surface area contributed by atoms with E-state index in [-0.39, 0.29) is 0 Å². The minimum atomic E-state index is 0.303. The van der Waals surface area contributed by atoms with E-state index < -0.39 is 0 Å². The number of allylic oxidation sites excluding steroid dienone is 2. The van der Waals surface area contributed by atoms with Gasteiger partial charge in [-0.1, -0.05) is 12.5 Å². The zero-order chi connectivity index (χ0) is 6.65. The Hall–Kier alpha value is -0.590. The number of carbonyl (C=O) groups is 1. The van der Waals surface area contributed by atoms with Gasteiger partial charge in [-0.25, -0.2) is 0 Å². The first-order valence-electron chi connectivity index (χ1n) is 3.37. The molecule has 9 heavy (non-hydrogen) atoms. The summed E-state index contributed by atoms with van der Waals surface area (Å²) in [5.41, 5.74) is 1.59. The fraction of sp³-hybridized carbons (Fsp3) is 0.625. The van der Waals surface area contributed by atoms with Crippen molar-refractivity contribution in [1.82, 2.24) is 0 Å². The van der Waals surface area contributed by atoms with E-state index in [0.717, 1.165) is 6.42 Å². The van der Waals surface area contributed by atoms with Crippen molar-refractivity contribution in [2.45, 2.75) is 20.3 Å². The van der Waals surface area contributed by atoms with Crippen LogP contribution >= 0.6 is 0 Å². The van der Waals surface area contributed by atoms with Gasteiger partial charge in [-0.05, 0) is 24.8 Å². The molecular weight excluding hydrogens is 112 g/mol. The number of carbonyl (C=O) groups excluding carboxylic acids is 1. The smallest absolute Gasteiger partial charge is 0.159 e. The minimum absolute atomic E-state index is 0.303. The summed E-state index contributed by atoms with van der Waals surface area (Å²) < 4.78 is 0. The summed E-state index contributed by atoms with van der Waals surface area (Å²) in [4.78, 5) is 11.0. The lowest BCUT2D eigenvalue weighted by Crippen LogP contribution is -1.95. The number of hydrogen-bond donors (Lipinski definition) is 0. The van der Waals surface area contributed by atoms with Crippen molar-refractivity contribution in [1.29, 1.82) is 0 Å². The van der Waals surface area contributed by atoms with Crippen LogP contribution in [0, 0.1) is 11.3 Å². The van der Waals surface area contributed by atoms with Crippen molar-refractivity contribution in [2.75, 3.05) is 0 Å². The highest BCUT2D eigenvalue weighted by molar-refractivity contribution is 5.99. The molecule has 1 fully saturated rings. The summed E-state index contributed by atoms with van der Waals surface area (Å²) >= 11 is 0. The zero-order valence-corrected chi connectivity index (χ0v) is 5.77. The molecule has 0 aromatic heterocycles. The Labute approximate surface area is 54.8 Å². The van der Waals surface area contributed by atoms with Gasteiger partial charge in [0.2, 0.25) is 0 Å². The SMILES string of the molecule is CC1=CC(=O)[C@H]2C[C@@]12C. The summed E-state index contributed by atoms with van der Waals surface area (Å²) in [7, 11) is 0. The second-order valence-corrected chi connectivity index (χ2v) is 3.40. The predicted molar refractivity (Wildman–Crippen MR) is 35.0 cm³/mol. The summed E-state index contributed by atoms with van der Waals surface area (Å²) in [6, 6.07) is 0. The van der Waals surface area contributed by atoms with Gasteiger partial charge in [0.05, 0.1) is 0 Å². The summed E-state index contributed by atoms with van der Waals surface area (Å²) in [5, 5.41) is 0. The molecule has 0 aromatic rings. The van der Waals surface area contributed by atoms with Crippen LogP contribution in [0.5, 0.6) is 0 Å². The van der Waals surface area contributed by atoms with Gasteiger partial charge in [-0.2, -0.15) is 0 Å². The first kappa shape index (κ1) is 5.21. The molecule has 2 aliphatic carbocycles. The number of hydrogen-bond acceptors (Lipinski definition) is 1. The van der Waals surface area contributed by atoms with E-state index in [9.17, 15) is 4.79 Å². The molecule has 48 valence electrons. The largest absolute Gasteiger partial charge is 0.295 e. The lowest BCUT2D eigenvalue weighted by atomic mass is 10.0.